The molecule has 1 aromatic carbocycles. The number of hydrogen-bond donors (Lipinski definition) is 1. The zero-order valence-corrected chi connectivity index (χ0v) is 10.7. The SMILES string of the molecule is CC(CN)c1cc2c(cc1F)OC(C)(C)CC2. The molecule has 0 spiro atoms. The lowest BCUT2D eigenvalue weighted by Gasteiger charge is -2.33. The number of aryl methyl sites for hydroxylation is 1. The predicted molar refractivity (Wildman–Crippen MR) is 66.9 cm³/mol. The summed E-state index contributed by atoms with van der Waals surface area (Å²) in [6.07, 6.45) is 1.90. The van der Waals surface area contributed by atoms with E-state index in [-0.39, 0.29) is 17.3 Å². The van der Waals surface area contributed by atoms with Crippen molar-refractivity contribution in [1.29, 1.82) is 0 Å². The third kappa shape index (κ3) is 2.44. The van der Waals surface area contributed by atoms with Crippen molar-refractivity contribution in [2.75, 3.05) is 6.54 Å². The van der Waals surface area contributed by atoms with Crippen LogP contribution >= 0.6 is 0 Å². The van der Waals surface area contributed by atoms with Gasteiger partial charge in [0.05, 0.1) is 0 Å². The lowest BCUT2D eigenvalue weighted by molar-refractivity contribution is 0.0841. The van der Waals surface area contributed by atoms with Gasteiger partial charge in [0.15, 0.2) is 0 Å². The van der Waals surface area contributed by atoms with Gasteiger partial charge in [0.2, 0.25) is 0 Å². The first-order valence-electron chi connectivity index (χ1n) is 6.14. The van der Waals surface area contributed by atoms with Crippen LogP contribution in [0.2, 0.25) is 0 Å². The average Bonchev–Trinajstić information content (AvgIpc) is 2.26. The average molecular weight is 237 g/mol. The molecule has 0 aliphatic carbocycles. The number of hydrogen-bond acceptors (Lipinski definition) is 2. The number of benzene rings is 1. The van der Waals surface area contributed by atoms with Crippen LogP contribution in [0.4, 0.5) is 4.39 Å². The molecule has 1 atom stereocenters. The van der Waals surface area contributed by atoms with Crippen LogP contribution in [0.25, 0.3) is 0 Å². The summed E-state index contributed by atoms with van der Waals surface area (Å²) in [4.78, 5) is 0. The van der Waals surface area contributed by atoms with E-state index in [4.69, 9.17) is 10.5 Å². The standard InChI is InChI=1S/C14H20FNO/c1-9(8-16)11-6-10-4-5-14(2,3)17-13(10)7-12(11)15/h6-7,9H,4-5,8,16H2,1-3H3. The minimum atomic E-state index is -0.209. The van der Waals surface area contributed by atoms with Crippen molar-refractivity contribution < 1.29 is 9.13 Å². The molecule has 94 valence electrons. The highest BCUT2D eigenvalue weighted by Crippen LogP contribution is 2.36. The second kappa shape index (κ2) is 4.30. The summed E-state index contributed by atoms with van der Waals surface area (Å²) >= 11 is 0. The van der Waals surface area contributed by atoms with Gasteiger partial charge in [0.25, 0.3) is 0 Å². The van der Waals surface area contributed by atoms with Crippen LogP contribution in [0.3, 0.4) is 0 Å². The maximum Gasteiger partial charge on any atom is 0.130 e. The maximum absolute atomic E-state index is 13.9. The predicted octanol–water partition coefficient (Wildman–Crippen LogP) is 2.99. The Morgan fingerprint density at radius 3 is 2.82 bits per heavy atom. The smallest absolute Gasteiger partial charge is 0.130 e. The zero-order valence-electron chi connectivity index (χ0n) is 10.7. The van der Waals surface area contributed by atoms with Crippen molar-refractivity contribution >= 4 is 0 Å². The van der Waals surface area contributed by atoms with Gasteiger partial charge in [-0.1, -0.05) is 6.92 Å². The number of fused-ring (bicyclic) bond motifs is 1. The lowest BCUT2D eigenvalue weighted by Crippen LogP contribution is -2.32. The van der Waals surface area contributed by atoms with Crippen LogP contribution in [0, 0.1) is 5.82 Å². The van der Waals surface area contributed by atoms with Gasteiger partial charge in [0.1, 0.15) is 17.2 Å². The van der Waals surface area contributed by atoms with Gasteiger partial charge in [-0.3, -0.25) is 0 Å². The Balaban J connectivity index is 2.39. The molecule has 17 heavy (non-hydrogen) atoms. The highest BCUT2D eigenvalue weighted by atomic mass is 19.1. The zero-order chi connectivity index (χ0) is 12.6. The van der Waals surface area contributed by atoms with Crippen molar-refractivity contribution in [3.05, 3.63) is 29.1 Å². The topological polar surface area (TPSA) is 35.2 Å². The summed E-state index contributed by atoms with van der Waals surface area (Å²) < 4.78 is 19.7. The second-order valence-electron chi connectivity index (χ2n) is 5.48. The molecule has 0 aromatic heterocycles. The van der Waals surface area contributed by atoms with E-state index in [0.717, 1.165) is 18.4 Å². The van der Waals surface area contributed by atoms with Crippen molar-refractivity contribution in [3.8, 4) is 5.75 Å². The van der Waals surface area contributed by atoms with Gasteiger partial charge in [-0.05, 0) is 56.3 Å². The Morgan fingerprint density at radius 1 is 1.47 bits per heavy atom. The Morgan fingerprint density at radius 2 is 2.18 bits per heavy atom. The Bertz CT molecular complexity index is 428. The van der Waals surface area contributed by atoms with Gasteiger partial charge in [-0.15, -0.1) is 0 Å². The summed E-state index contributed by atoms with van der Waals surface area (Å²) in [6.45, 7) is 6.47. The van der Waals surface area contributed by atoms with Crippen molar-refractivity contribution in [3.63, 3.8) is 0 Å². The third-order valence-corrected chi connectivity index (χ3v) is 3.45. The molecule has 2 rings (SSSR count). The van der Waals surface area contributed by atoms with E-state index in [1.54, 1.807) is 0 Å². The molecule has 2 nitrogen and oxygen atoms in total. The van der Waals surface area contributed by atoms with Gasteiger partial charge in [-0.2, -0.15) is 0 Å². The summed E-state index contributed by atoms with van der Waals surface area (Å²) in [5.41, 5.74) is 7.20. The number of halogens is 1. The highest BCUT2D eigenvalue weighted by molar-refractivity contribution is 5.41. The molecule has 3 heteroatoms. The molecule has 0 saturated carbocycles. The van der Waals surface area contributed by atoms with E-state index in [1.807, 2.05) is 26.8 Å². The summed E-state index contributed by atoms with van der Waals surface area (Å²) in [6, 6.07) is 3.43. The molecular formula is C14H20FNO. The first kappa shape index (κ1) is 12.4. The van der Waals surface area contributed by atoms with E-state index >= 15 is 0 Å². The van der Waals surface area contributed by atoms with E-state index < -0.39 is 0 Å². The Labute approximate surface area is 102 Å². The van der Waals surface area contributed by atoms with Crippen LogP contribution in [-0.2, 0) is 6.42 Å². The normalized spacial score (nSPS) is 19.4. The van der Waals surface area contributed by atoms with E-state index in [1.165, 1.54) is 6.07 Å². The summed E-state index contributed by atoms with van der Waals surface area (Å²) in [5.74, 6) is 0.529. The fraction of sp³-hybridized carbons (Fsp3) is 0.571. The molecule has 0 amide bonds. The number of nitrogens with two attached hydrogens (primary N) is 1. The molecule has 0 saturated heterocycles. The quantitative estimate of drug-likeness (QED) is 0.858. The highest BCUT2D eigenvalue weighted by Gasteiger charge is 2.28. The van der Waals surface area contributed by atoms with Gasteiger partial charge in [0, 0.05) is 6.07 Å². The fourth-order valence-corrected chi connectivity index (χ4v) is 2.20. The first-order chi connectivity index (χ1) is 7.93. The van der Waals surface area contributed by atoms with Crippen molar-refractivity contribution in [2.24, 2.45) is 5.73 Å². The van der Waals surface area contributed by atoms with Crippen LogP contribution in [0.1, 0.15) is 44.2 Å². The molecule has 2 N–H and O–H groups in total. The third-order valence-electron chi connectivity index (χ3n) is 3.45. The Kier molecular flexibility index (Phi) is 3.13. The van der Waals surface area contributed by atoms with E-state index in [0.29, 0.717) is 17.9 Å². The molecule has 1 aromatic rings. The molecule has 1 aliphatic heterocycles. The minimum absolute atomic E-state index is 0.0511. The number of ether oxygens (including phenoxy) is 1. The van der Waals surface area contributed by atoms with E-state index in [2.05, 4.69) is 0 Å². The van der Waals surface area contributed by atoms with Crippen LogP contribution in [0.5, 0.6) is 5.75 Å². The van der Waals surface area contributed by atoms with Crippen LogP contribution in [0.15, 0.2) is 12.1 Å². The summed E-state index contributed by atoms with van der Waals surface area (Å²) in [5, 5.41) is 0. The lowest BCUT2D eigenvalue weighted by atomic mass is 9.90. The molecule has 0 radical (unpaired) electrons. The molecule has 1 unspecified atom stereocenters. The molecule has 1 aliphatic rings. The fourth-order valence-electron chi connectivity index (χ4n) is 2.20. The monoisotopic (exact) mass is 237 g/mol. The van der Waals surface area contributed by atoms with E-state index in [9.17, 15) is 4.39 Å². The molecule has 1 heterocycles. The van der Waals surface area contributed by atoms with Crippen molar-refractivity contribution in [1.82, 2.24) is 0 Å². The molecular weight excluding hydrogens is 217 g/mol. The number of rotatable bonds is 2. The Hall–Kier alpha value is -1.09. The molecule has 0 bridgehead atoms. The molecule has 0 fully saturated rings. The largest absolute Gasteiger partial charge is 0.487 e. The van der Waals surface area contributed by atoms with Gasteiger partial charge < -0.3 is 10.5 Å². The van der Waals surface area contributed by atoms with Crippen molar-refractivity contribution in [2.45, 2.75) is 45.1 Å². The minimum Gasteiger partial charge on any atom is -0.487 e. The second-order valence-corrected chi connectivity index (χ2v) is 5.48. The van der Waals surface area contributed by atoms with Gasteiger partial charge in [-0.25, -0.2) is 4.39 Å². The maximum atomic E-state index is 13.9. The van der Waals surface area contributed by atoms with Crippen LogP contribution < -0.4 is 10.5 Å². The first-order valence-corrected chi connectivity index (χ1v) is 6.14. The summed E-state index contributed by atoms with van der Waals surface area (Å²) in [7, 11) is 0. The van der Waals surface area contributed by atoms with Gasteiger partial charge >= 0.3 is 0 Å². The van der Waals surface area contributed by atoms with Crippen LogP contribution in [-0.4, -0.2) is 12.1 Å².